The number of hydrogen-bond donors (Lipinski definition) is 2. The minimum absolute atomic E-state index is 0.0928. The maximum Gasteiger partial charge on any atom is 0.266 e. The second-order valence-electron chi connectivity index (χ2n) is 6.65. The van der Waals surface area contributed by atoms with Crippen LogP contribution in [-0.2, 0) is 11.2 Å². The molecular weight excluding hydrogens is 326 g/mol. The number of rotatable bonds is 6. The minimum atomic E-state index is -0.378. The first kappa shape index (κ1) is 19.5. The largest absolute Gasteiger partial charge is 0.326 e. The molecule has 26 heavy (non-hydrogen) atoms. The van der Waals surface area contributed by atoms with E-state index in [2.05, 4.69) is 24.1 Å². The molecule has 0 bridgehead atoms. The maximum absolute atomic E-state index is 12.3. The maximum atomic E-state index is 12.3. The lowest BCUT2D eigenvalue weighted by Crippen LogP contribution is -2.18. The molecule has 1 aromatic carbocycles. The van der Waals surface area contributed by atoms with Crippen LogP contribution in [0.25, 0.3) is 0 Å². The molecule has 0 saturated carbocycles. The molecular formula is C21H25N3O2. The summed E-state index contributed by atoms with van der Waals surface area (Å²) in [6.07, 6.45) is 1.83. The molecule has 0 aliphatic carbocycles. The van der Waals surface area contributed by atoms with Crippen molar-refractivity contribution < 1.29 is 4.79 Å². The molecule has 0 aliphatic heterocycles. The first-order valence-corrected chi connectivity index (χ1v) is 8.89. The predicted octanol–water partition coefficient (Wildman–Crippen LogP) is 3.95. The van der Waals surface area contributed by atoms with Crippen LogP contribution in [0.3, 0.4) is 0 Å². The summed E-state index contributed by atoms with van der Waals surface area (Å²) in [6.45, 7) is 7.87. The standard InChI is InChI=1S/C21H25N3O2/c1-5-13(2)16-6-8-17(9-7-16)24-20(25)11-10-18-14(3)19(12-22)21(26)23-15(18)4/h6-9,13H,5,10-11H2,1-4H3,(H,23,26)(H,24,25). The Morgan fingerprint density at radius 3 is 2.50 bits per heavy atom. The number of nitrogens with one attached hydrogen (secondary N) is 2. The fraction of sp³-hybridized carbons (Fsp3) is 0.381. The van der Waals surface area contributed by atoms with Crippen molar-refractivity contribution in [3.63, 3.8) is 0 Å². The van der Waals surface area contributed by atoms with Crippen molar-refractivity contribution in [1.82, 2.24) is 4.98 Å². The van der Waals surface area contributed by atoms with Crippen LogP contribution in [0.2, 0.25) is 0 Å². The second kappa shape index (κ2) is 8.48. The average Bonchev–Trinajstić information content (AvgIpc) is 2.61. The highest BCUT2D eigenvalue weighted by Crippen LogP contribution is 2.21. The summed E-state index contributed by atoms with van der Waals surface area (Å²) in [6, 6.07) is 9.86. The quantitative estimate of drug-likeness (QED) is 0.826. The Hall–Kier alpha value is -2.87. The highest BCUT2D eigenvalue weighted by molar-refractivity contribution is 5.90. The smallest absolute Gasteiger partial charge is 0.266 e. The van der Waals surface area contributed by atoms with Gasteiger partial charge in [0, 0.05) is 17.8 Å². The molecule has 1 aromatic heterocycles. The van der Waals surface area contributed by atoms with Crippen LogP contribution in [0.4, 0.5) is 5.69 Å². The Bertz CT molecular complexity index is 889. The van der Waals surface area contributed by atoms with Crippen molar-refractivity contribution in [3.05, 3.63) is 62.6 Å². The summed E-state index contributed by atoms with van der Waals surface area (Å²) >= 11 is 0. The van der Waals surface area contributed by atoms with Crippen molar-refractivity contribution >= 4 is 11.6 Å². The first-order valence-electron chi connectivity index (χ1n) is 8.89. The molecule has 0 aliphatic rings. The fourth-order valence-corrected chi connectivity index (χ4v) is 3.01. The van der Waals surface area contributed by atoms with Crippen LogP contribution >= 0.6 is 0 Å². The Labute approximate surface area is 154 Å². The summed E-state index contributed by atoms with van der Waals surface area (Å²) in [4.78, 5) is 26.7. The van der Waals surface area contributed by atoms with E-state index in [9.17, 15) is 9.59 Å². The number of aromatic nitrogens is 1. The lowest BCUT2D eigenvalue weighted by Gasteiger charge is -2.12. The van der Waals surface area contributed by atoms with E-state index in [1.807, 2.05) is 30.3 Å². The van der Waals surface area contributed by atoms with Crippen molar-refractivity contribution in [2.24, 2.45) is 0 Å². The summed E-state index contributed by atoms with van der Waals surface area (Å²) in [5, 5.41) is 12.0. The molecule has 5 heteroatoms. The van der Waals surface area contributed by atoms with Gasteiger partial charge in [-0.1, -0.05) is 26.0 Å². The predicted molar refractivity (Wildman–Crippen MR) is 103 cm³/mol. The molecule has 2 rings (SSSR count). The van der Waals surface area contributed by atoms with Crippen LogP contribution in [0.5, 0.6) is 0 Å². The normalized spacial score (nSPS) is 11.7. The number of amides is 1. The number of carbonyl (C=O) groups is 1. The molecule has 5 nitrogen and oxygen atoms in total. The van der Waals surface area contributed by atoms with Crippen molar-refractivity contribution in [1.29, 1.82) is 5.26 Å². The number of benzene rings is 1. The van der Waals surface area contributed by atoms with Crippen LogP contribution < -0.4 is 10.9 Å². The van der Waals surface area contributed by atoms with E-state index in [0.29, 0.717) is 23.6 Å². The summed E-state index contributed by atoms with van der Waals surface area (Å²) in [5.74, 6) is 0.407. The number of aryl methyl sites for hydroxylation is 1. The zero-order chi connectivity index (χ0) is 19.3. The third kappa shape index (κ3) is 4.40. The van der Waals surface area contributed by atoms with Gasteiger partial charge in [0.15, 0.2) is 0 Å². The highest BCUT2D eigenvalue weighted by Gasteiger charge is 2.13. The molecule has 0 fully saturated rings. The van der Waals surface area contributed by atoms with Crippen LogP contribution in [0.1, 0.15) is 60.6 Å². The van der Waals surface area contributed by atoms with Gasteiger partial charge >= 0.3 is 0 Å². The monoisotopic (exact) mass is 351 g/mol. The second-order valence-corrected chi connectivity index (χ2v) is 6.65. The van der Waals surface area contributed by atoms with Gasteiger partial charge in [0.2, 0.25) is 5.91 Å². The van der Waals surface area contributed by atoms with E-state index < -0.39 is 0 Å². The summed E-state index contributed by atoms with van der Waals surface area (Å²) < 4.78 is 0. The Balaban J connectivity index is 2.04. The summed E-state index contributed by atoms with van der Waals surface area (Å²) in [5.41, 5.74) is 3.98. The van der Waals surface area contributed by atoms with Crippen LogP contribution in [0.15, 0.2) is 29.1 Å². The van der Waals surface area contributed by atoms with Gasteiger partial charge in [-0.15, -0.1) is 0 Å². The number of H-pyrrole nitrogens is 1. The SMILES string of the molecule is CCC(C)c1ccc(NC(=O)CCc2c(C)[nH]c(=O)c(C#N)c2C)cc1. The van der Waals surface area contributed by atoms with Gasteiger partial charge in [0.1, 0.15) is 11.6 Å². The van der Waals surface area contributed by atoms with Crippen LogP contribution in [-0.4, -0.2) is 10.9 Å². The van der Waals surface area contributed by atoms with Gasteiger partial charge in [-0.05, 0) is 61.4 Å². The minimum Gasteiger partial charge on any atom is -0.326 e. The number of hydrogen-bond acceptors (Lipinski definition) is 3. The molecule has 1 atom stereocenters. The van der Waals surface area contributed by atoms with Crippen molar-refractivity contribution in [2.75, 3.05) is 5.32 Å². The van der Waals surface area contributed by atoms with Gasteiger partial charge in [0.05, 0.1) is 0 Å². The third-order valence-electron chi connectivity index (χ3n) is 4.90. The Morgan fingerprint density at radius 1 is 1.27 bits per heavy atom. The molecule has 2 aromatic rings. The van der Waals surface area contributed by atoms with Gasteiger partial charge in [-0.2, -0.15) is 5.26 Å². The van der Waals surface area contributed by atoms with Crippen molar-refractivity contribution in [2.45, 2.75) is 52.9 Å². The third-order valence-corrected chi connectivity index (χ3v) is 4.90. The molecule has 2 N–H and O–H groups in total. The van der Waals surface area contributed by atoms with E-state index in [-0.39, 0.29) is 23.5 Å². The van der Waals surface area contributed by atoms with E-state index >= 15 is 0 Å². The van der Waals surface area contributed by atoms with Crippen LogP contribution in [0, 0.1) is 25.2 Å². The number of aromatic amines is 1. The number of pyridine rings is 1. The zero-order valence-corrected chi connectivity index (χ0v) is 15.8. The van der Waals surface area contributed by atoms with E-state index in [4.69, 9.17) is 5.26 Å². The zero-order valence-electron chi connectivity index (χ0n) is 15.8. The summed E-state index contributed by atoms with van der Waals surface area (Å²) in [7, 11) is 0. The van der Waals surface area contributed by atoms with Gasteiger partial charge in [-0.25, -0.2) is 0 Å². The van der Waals surface area contributed by atoms with E-state index in [1.54, 1.807) is 13.8 Å². The number of carbonyl (C=O) groups excluding carboxylic acids is 1. The van der Waals surface area contributed by atoms with Gasteiger partial charge in [0.25, 0.3) is 5.56 Å². The topological polar surface area (TPSA) is 85.8 Å². The Kier molecular flexibility index (Phi) is 6.35. The van der Waals surface area contributed by atoms with Gasteiger partial charge in [-0.3, -0.25) is 9.59 Å². The molecule has 136 valence electrons. The molecule has 0 radical (unpaired) electrons. The molecule has 0 saturated heterocycles. The van der Waals surface area contributed by atoms with Gasteiger partial charge < -0.3 is 10.3 Å². The number of anilines is 1. The lowest BCUT2D eigenvalue weighted by molar-refractivity contribution is -0.116. The number of nitriles is 1. The van der Waals surface area contributed by atoms with E-state index in [0.717, 1.165) is 17.7 Å². The average molecular weight is 351 g/mol. The van der Waals surface area contributed by atoms with Crippen molar-refractivity contribution in [3.8, 4) is 6.07 Å². The fourth-order valence-electron chi connectivity index (χ4n) is 3.01. The number of nitrogens with zero attached hydrogens (tertiary/aromatic N) is 1. The molecule has 1 heterocycles. The molecule has 1 amide bonds. The first-order chi connectivity index (χ1) is 12.4. The lowest BCUT2D eigenvalue weighted by atomic mass is 9.98. The highest BCUT2D eigenvalue weighted by atomic mass is 16.1. The molecule has 1 unspecified atom stereocenters. The van der Waals surface area contributed by atoms with E-state index in [1.165, 1.54) is 5.56 Å². The Morgan fingerprint density at radius 2 is 1.92 bits per heavy atom. The molecule has 0 spiro atoms.